The van der Waals surface area contributed by atoms with Crippen LogP contribution in [0, 0.1) is 5.82 Å². The number of aliphatic hydroxyl groups is 1. The molecule has 0 amide bonds. The Morgan fingerprint density at radius 2 is 1.76 bits per heavy atom. The average Bonchev–Trinajstić information content (AvgIpc) is 3.07. The van der Waals surface area contributed by atoms with Crippen molar-refractivity contribution in [2.75, 3.05) is 33.4 Å². The maximum atomic E-state index is 15.4. The van der Waals surface area contributed by atoms with Gasteiger partial charge in [-0.15, -0.1) is 0 Å². The predicted molar refractivity (Wildman–Crippen MR) is 174 cm³/mol. The lowest BCUT2D eigenvalue weighted by atomic mass is 10.1. The molecule has 0 aliphatic carbocycles. The maximum Gasteiger partial charge on any atom is 0.261 e. The van der Waals surface area contributed by atoms with Crippen molar-refractivity contribution in [1.29, 1.82) is 0 Å². The van der Waals surface area contributed by atoms with Crippen molar-refractivity contribution < 1.29 is 23.7 Å². The number of ether oxygens (including phenoxy) is 3. The molecule has 2 aromatic heterocycles. The Balaban J connectivity index is 1.16. The lowest BCUT2D eigenvalue weighted by Crippen LogP contribution is -2.36. The molecule has 3 heterocycles. The minimum atomic E-state index is -0.618. The SMILES string of the molecule is COc1c(OCCCN2CCC(O)CC2)ccc2c(Oc3ccc(-c4cnc(Cc5ccccc5)n(C)c4=O)cc3F)ccnc12. The fourth-order valence-corrected chi connectivity index (χ4v) is 5.75. The quantitative estimate of drug-likeness (QED) is 0.186. The number of hydrogen-bond donors (Lipinski definition) is 1. The first kappa shape index (κ1) is 31.2. The molecule has 0 radical (unpaired) electrons. The number of methoxy groups -OCH3 is 1. The highest BCUT2D eigenvalue weighted by atomic mass is 19.1. The van der Waals surface area contributed by atoms with E-state index in [4.69, 9.17) is 14.2 Å². The number of halogens is 1. The molecule has 3 aromatic carbocycles. The Morgan fingerprint density at radius 1 is 0.978 bits per heavy atom. The average molecular weight is 625 g/mol. The third-order valence-electron chi connectivity index (χ3n) is 8.36. The van der Waals surface area contributed by atoms with E-state index in [-0.39, 0.29) is 17.4 Å². The van der Waals surface area contributed by atoms with Gasteiger partial charge < -0.3 is 24.2 Å². The molecule has 1 fully saturated rings. The molecule has 5 aromatic rings. The zero-order chi connectivity index (χ0) is 32.0. The van der Waals surface area contributed by atoms with E-state index in [1.165, 1.54) is 22.9 Å². The summed E-state index contributed by atoms with van der Waals surface area (Å²) in [6, 6.07) is 19.5. The van der Waals surface area contributed by atoms with Crippen LogP contribution in [0.5, 0.6) is 23.0 Å². The molecule has 0 bridgehead atoms. The van der Waals surface area contributed by atoms with Gasteiger partial charge in [-0.25, -0.2) is 9.37 Å². The Labute approximate surface area is 266 Å². The van der Waals surface area contributed by atoms with Crippen molar-refractivity contribution >= 4 is 10.9 Å². The zero-order valence-corrected chi connectivity index (χ0v) is 26.0. The zero-order valence-electron chi connectivity index (χ0n) is 26.0. The second-order valence-electron chi connectivity index (χ2n) is 11.4. The number of nitrogens with zero attached hydrogens (tertiary/aromatic N) is 4. The Bertz CT molecular complexity index is 1870. The molecule has 1 aliphatic rings. The number of rotatable bonds is 11. The van der Waals surface area contributed by atoms with Crippen LogP contribution >= 0.6 is 0 Å². The summed E-state index contributed by atoms with van der Waals surface area (Å²) in [5, 5.41) is 10.3. The lowest BCUT2D eigenvalue weighted by Gasteiger charge is -2.29. The van der Waals surface area contributed by atoms with Crippen molar-refractivity contribution in [1.82, 2.24) is 19.4 Å². The van der Waals surface area contributed by atoms with Gasteiger partial charge >= 0.3 is 0 Å². The molecule has 1 saturated heterocycles. The van der Waals surface area contributed by atoms with Gasteiger partial charge in [-0.1, -0.05) is 36.4 Å². The summed E-state index contributed by atoms with van der Waals surface area (Å²) in [7, 11) is 3.23. The molecule has 6 rings (SSSR count). The van der Waals surface area contributed by atoms with Crippen LogP contribution in [0.1, 0.15) is 30.7 Å². The van der Waals surface area contributed by atoms with Crippen LogP contribution in [-0.4, -0.2) is 64.0 Å². The number of pyridine rings is 1. The molecule has 10 heteroatoms. The van der Waals surface area contributed by atoms with E-state index < -0.39 is 5.82 Å². The molecular weight excluding hydrogens is 587 g/mol. The minimum absolute atomic E-state index is 0.00579. The van der Waals surface area contributed by atoms with Crippen molar-refractivity contribution in [2.24, 2.45) is 7.05 Å². The molecule has 1 N–H and O–H groups in total. The highest BCUT2D eigenvalue weighted by molar-refractivity contribution is 5.92. The normalized spacial score (nSPS) is 14.0. The van der Waals surface area contributed by atoms with Crippen LogP contribution in [0.15, 0.2) is 83.9 Å². The van der Waals surface area contributed by atoms with Gasteiger partial charge in [0, 0.05) is 50.9 Å². The monoisotopic (exact) mass is 624 g/mol. The number of aliphatic hydroxyl groups excluding tert-OH is 1. The summed E-state index contributed by atoms with van der Waals surface area (Å²) in [4.78, 5) is 24.5. The van der Waals surface area contributed by atoms with Gasteiger partial charge in [-0.05, 0) is 60.7 Å². The number of likely N-dealkylation sites (tertiary alicyclic amines) is 1. The first-order valence-electron chi connectivity index (χ1n) is 15.5. The molecule has 0 saturated carbocycles. The van der Waals surface area contributed by atoms with Gasteiger partial charge in [0.25, 0.3) is 5.56 Å². The number of benzene rings is 3. The van der Waals surface area contributed by atoms with E-state index >= 15 is 4.39 Å². The van der Waals surface area contributed by atoms with Gasteiger partial charge in [-0.3, -0.25) is 14.3 Å². The second kappa shape index (κ2) is 14.1. The molecule has 0 spiro atoms. The van der Waals surface area contributed by atoms with E-state index in [0.29, 0.717) is 58.1 Å². The third kappa shape index (κ3) is 6.88. The largest absolute Gasteiger partial charge is 0.491 e. The van der Waals surface area contributed by atoms with Crippen molar-refractivity contribution in [3.8, 4) is 34.1 Å². The molecule has 1 aliphatic heterocycles. The molecule has 238 valence electrons. The summed E-state index contributed by atoms with van der Waals surface area (Å²) >= 11 is 0. The van der Waals surface area contributed by atoms with Gasteiger partial charge in [0.1, 0.15) is 17.1 Å². The number of fused-ring (bicyclic) bond motifs is 1. The smallest absolute Gasteiger partial charge is 0.261 e. The molecule has 9 nitrogen and oxygen atoms in total. The topological polar surface area (TPSA) is 98.9 Å². The first-order valence-corrected chi connectivity index (χ1v) is 15.5. The van der Waals surface area contributed by atoms with Crippen LogP contribution < -0.4 is 19.8 Å². The summed E-state index contributed by atoms with van der Waals surface area (Å²) in [6.45, 7) is 3.19. The van der Waals surface area contributed by atoms with E-state index in [1.807, 2.05) is 36.4 Å². The Hall–Kier alpha value is -4.80. The molecule has 0 atom stereocenters. The van der Waals surface area contributed by atoms with Crippen LogP contribution in [0.4, 0.5) is 4.39 Å². The van der Waals surface area contributed by atoms with E-state index in [0.717, 1.165) is 44.5 Å². The summed E-state index contributed by atoms with van der Waals surface area (Å²) in [5.74, 6) is 1.44. The standard InChI is InChI=1S/C36H37FN4O5/c1-40-33(21-24-7-4-3-5-8-24)39-23-28(36(40)43)25-9-11-31(29(37)22-25)46-30-13-16-38-34-27(30)10-12-32(35(34)44-2)45-20-6-17-41-18-14-26(42)15-19-41/h3-5,7-13,16,22-23,26,42H,6,14-15,17-21H2,1-2H3. The summed E-state index contributed by atoms with van der Waals surface area (Å²) in [5.41, 5.74) is 2.02. The van der Waals surface area contributed by atoms with E-state index in [9.17, 15) is 9.90 Å². The molecule has 46 heavy (non-hydrogen) atoms. The Morgan fingerprint density at radius 3 is 2.52 bits per heavy atom. The molecule has 0 unspecified atom stereocenters. The van der Waals surface area contributed by atoms with Crippen LogP contribution in [-0.2, 0) is 13.5 Å². The van der Waals surface area contributed by atoms with Gasteiger partial charge in [0.05, 0.1) is 25.4 Å². The highest BCUT2D eigenvalue weighted by Gasteiger charge is 2.19. The second-order valence-corrected chi connectivity index (χ2v) is 11.4. The van der Waals surface area contributed by atoms with E-state index in [2.05, 4.69) is 14.9 Å². The maximum absolute atomic E-state index is 15.4. The van der Waals surface area contributed by atoms with Gasteiger partial charge in [-0.2, -0.15) is 0 Å². The van der Waals surface area contributed by atoms with Crippen molar-refractivity contribution in [3.63, 3.8) is 0 Å². The number of hydrogen-bond acceptors (Lipinski definition) is 8. The fraction of sp³-hybridized carbons (Fsp3) is 0.306. The van der Waals surface area contributed by atoms with E-state index in [1.54, 1.807) is 38.6 Å². The minimum Gasteiger partial charge on any atom is -0.491 e. The first-order chi connectivity index (χ1) is 22.4. The number of aromatic nitrogens is 3. The number of piperidine rings is 1. The lowest BCUT2D eigenvalue weighted by molar-refractivity contribution is 0.0799. The predicted octanol–water partition coefficient (Wildman–Crippen LogP) is 5.75. The van der Waals surface area contributed by atoms with Crippen LogP contribution in [0.25, 0.3) is 22.0 Å². The van der Waals surface area contributed by atoms with Gasteiger partial charge in [0.2, 0.25) is 0 Å². The van der Waals surface area contributed by atoms with Gasteiger partial charge in [0.15, 0.2) is 23.1 Å². The van der Waals surface area contributed by atoms with Crippen molar-refractivity contribution in [3.05, 3.63) is 107 Å². The third-order valence-corrected chi connectivity index (χ3v) is 8.36. The summed E-state index contributed by atoms with van der Waals surface area (Å²) < 4.78 is 34.7. The van der Waals surface area contributed by atoms with Crippen LogP contribution in [0.2, 0.25) is 0 Å². The summed E-state index contributed by atoms with van der Waals surface area (Å²) in [6.07, 6.45) is 5.85. The Kier molecular flexibility index (Phi) is 9.56. The van der Waals surface area contributed by atoms with Crippen molar-refractivity contribution in [2.45, 2.75) is 31.8 Å². The highest BCUT2D eigenvalue weighted by Crippen LogP contribution is 2.39. The van der Waals surface area contributed by atoms with Crippen LogP contribution in [0.3, 0.4) is 0 Å². The fourth-order valence-electron chi connectivity index (χ4n) is 5.75. The molecular formula is C36H37FN4O5.